The number of carbonyl (C=O) groups excluding carboxylic acids is 2. The van der Waals surface area contributed by atoms with E-state index in [-0.39, 0.29) is 28.0 Å². The molecule has 1 aliphatic carbocycles. The molecule has 3 atom stereocenters. The Balaban J connectivity index is 2.26. The summed E-state index contributed by atoms with van der Waals surface area (Å²) in [7, 11) is 0. The van der Waals surface area contributed by atoms with Crippen molar-refractivity contribution in [3.63, 3.8) is 0 Å². The van der Waals surface area contributed by atoms with Crippen LogP contribution in [0.5, 0.6) is 11.5 Å². The third-order valence-electron chi connectivity index (χ3n) is 6.40. The van der Waals surface area contributed by atoms with Crippen molar-refractivity contribution in [2.24, 2.45) is 5.92 Å². The van der Waals surface area contributed by atoms with Crippen LogP contribution >= 0.6 is 34.8 Å². The molecule has 7 heteroatoms. The molecule has 0 saturated heterocycles. The number of benzene rings is 1. The molecular formula is C26H33Cl3O4. The lowest BCUT2D eigenvalue weighted by Crippen LogP contribution is -2.47. The van der Waals surface area contributed by atoms with Crippen LogP contribution in [0, 0.1) is 5.92 Å². The minimum atomic E-state index is -1.50. The van der Waals surface area contributed by atoms with Crippen molar-refractivity contribution in [2.75, 3.05) is 0 Å². The summed E-state index contributed by atoms with van der Waals surface area (Å²) in [5, 5.41) is 19.9. The van der Waals surface area contributed by atoms with Crippen LogP contribution < -0.4 is 0 Å². The summed E-state index contributed by atoms with van der Waals surface area (Å²) in [5.41, 5.74) is 3.12. The molecule has 1 unspecified atom stereocenters. The number of alkyl halides is 3. The van der Waals surface area contributed by atoms with E-state index >= 15 is 0 Å². The first-order valence-corrected chi connectivity index (χ1v) is 12.2. The molecule has 0 saturated carbocycles. The highest BCUT2D eigenvalue weighted by molar-refractivity contribution is 6.42. The second kappa shape index (κ2) is 10.4. The van der Waals surface area contributed by atoms with Crippen LogP contribution in [-0.4, -0.2) is 36.9 Å². The molecule has 2 N–H and O–H groups in total. The van der Waals surface area contributed by atoms with Gasteiger partial charge in [0.25, 0.3) is 0 Å². The molecule has 0 fully saturated rings. The van der Waals surface area contributed by atoms with Gasteiger partial charge in [-0.05, 0) is 73.3 Å². The first-order chi connectivity index (χ1) is 15.1. The highest BCUT2D eigenvalue weighted by Crippen LogP contribution is 2.45. The molecule has 1 aliphatic rings. The van der Waals surface area contributed by atoms with Gasteiger partial charge in [-0.25, -0.2) is 0 Å². The fraction of sp³-hybridized carbons (Fsp3) is 0.538. The van der Waals surface area contributed by atoms with Crippen LogP contribution in [0.3, 0.4) is 0 Å². The molecule has 0 aliphatic heterocycles. The maximum absolute atomic E-state index is 13.3. The number of phenolic OH excluding ortho intramolecular Hbond substituents is 2. The van der Waals surface area contributed by atoms with Gasteiger partial charge in [0.2, 0.25) is 0 Å². The molecule has 0 heterocycles. The van der Waals surface area contributed by atoms with Crippen molar-refractivity contribution in [1.29, 1.82) is 0 Å². The third kappa shape index (κ3) is 6.35. The Morgan fingerprint density at radius 2 is 1.82 bits per heavy atom. The number of fused-ring (bicyclic) bond motifs is 1. The van der Waals surface area contributed by atoms with Gasteiger partial charge in [-0.15, -0.1) is 34.8 Å². The molecule has 4 nitrogen and oxygen atoms in total. The lowest BCUT2D eigenvalue weighted by molar-refractivity contribution is 0.0769. The van der Waals surface area contributed by atoms with Crippen LogP contribution in [0.2, 0.25) is 0 Å². The number of allylic oxidation sites excluding steroid dienone is 4. The van der Waals surface area contributed by atoms with Gasteiger partial charge in [-0.2, -0.15) is 0 Å². The van der Waals surface area contributed by atoms with Crippen molar-refractivity contribution < 1.29 is 19.8 Å². The summed E-state index contributed by atoms with van der Waals surface area (Å²) < 4.78 is 0. The quantitative estimate of drug-likeness (QED) is 0.277. The van der Waals surface area contributed by atoms with Gasteiger partial charge in [0.05, 0.1) is 21.7 Å². The van der Waals surface area contributed by atoms with Crippen molar-refractivity contribution >= 4 is 46.4 Å². The summed E-state index contributed by atoms with van der Waals surface area (Å²) in [6, 6.07) is 2.27. The molecule has 2 rings (SSSR count). The van der Waals surface area contributed by atoms with E-state index in [4.69, 9.17) is 34.8 Å². The summed E-state index contributed by atoms with van der Waals surface area (Å²) >= 11 is 19.3. The first kappa shape index (κ1) is 27.8. The summed E-state index contributed by atoms with van der Waals surface area (Å²) in [4.78, 5) is 24.4. The van der Waals surface area contributed by atoms with Crippen molar-refractivity contribution in [3.8, 4) is 11.5 Å². The Morgan fingerprint density at radius 1 is 1.21 bits per heavy atom. The number of halogens is 3. The molecule has 1 aromatic carbocycles. The number of hydrogen-bond donors (Lipinski definition) is 2. The number of Topliss-reactive ketones (excluding diaryl/α,β-unsaturated/α-hetero) is 2. The van der Waals surface area contributed by atoms with Crippen molar-refractivity contribution in [2.45, 2.75) is 82.4 Å². The van der Waals surface area contributed by atoms with Crippen LogP contribution in [0.25, 0.3) is 0 Å². The average molecular weight is 516 g/mol. The Morgan fingerprint density at radius 3 is 2.36 bits per heavy atom. The lowest BCUT2D eigenvalue weighted by Gasteiger charge is -2.36. The number of aromatic hydroxyl groups is 2. The molecule has 0 spiro atoms. The highest BCUT2D eigenvalue weighted by Gasteiger charge is 2.50. The number of carbonyl (C=O) groups is 2. The number of ketones is 2. The smallest absolute Gasteiger partial charge is 0.188 e. The molecule has 0 aromatic heterocycles. The van der Waals surface area contributed by atoms with Gasteiger partial charge in [-0.1, -0.05) is 22.8 Å². The van der Waals surface area contributed by atoms with Gasteiger partial charge >= 0.3 is 0 Å². The minimum absolute atomic E-state index is 0.0114. The Bertz CT molecular complexity index is 996. The molecule has 33 heavy (non-hydrogen) atoms. The lowest BCUT2D eigenvalue weighted by atomic mass is 9.71. The maximum atomic E-state index is 13.3. The first-order valence-electron chi connectivity index (χ1n) is 11.0. The van der Waals surface area contributed by atoms with Crippen LogP contribution in [-0.2, 0) is 0 Å². The normalized spacial score (nSPS) is 22.2. The van der Waals surface area contributed by atoms with Gasteiger partial charge in [0, 0.05) is 11.6 Å². The van der Waals surface area contributed by atoms with E-state index < -0.39 is 27.2 Å². The van der Waals surface area contributed by atoms with E-state index in [2.05, 4.69) is 6.08 Å². The van der Waals surface area contributed by atoms with E-state index in [1.807, 2.05) is 34.6 Å². The molecule has 1 aromatic rings. The van der Waals surface area contributed by atoms with Gasteiger partial charge < -0.3 is 10.2 Å². The molecule has 182 valence electrons. The minimum Gasteiger partial charge on any atom is -0.508 e. The van der Waals surface area contributed by atoms with Crippen LogP contribution in [0.4, 0.5) is 0 Å². The Labute approximate surface area is 211 Å². The summed E-state index contributed by atoms with van der Waals surface area (Å²) in [5.74, 6) is -2.40. The van der Waals surface area contributed by atoms with Gasteiger partial charge in [-0.3, -0.25) is 9.59 Å². The monoisotopic (exact) mass is 514 g/mol. The number of rotatable bonds is 8. The second-order valence-electron chi connectivity index (χ2n) is 9.84. The largest absolute Gasteiger partial charge is 0.508 e. The zero-order valence-electron chi connectivity index (χ0n) is 20.1. The van der Waals surface area contributed by atoms with Gasteiger partial charge in [0.1, 0.15) is 16.4 Å². The zero-order chi connectivity index (χ0) is 25.3. The van der Waals surface area contributed by atoms with Crippen molar-refractivity contribution in [3.05, 3.63) is 46.1 Å². The van der Waals surface area contributed by atoms with Crippen LogP contribution in [0.1, 0.15) is 87.9 Å². The van der Waals surface area contributed by atoms with E-state index in [1.165, 1.54) is 18.6 Å². The van der Waals surface area contributed by atoms with Gasteiger partial charge in [0.15, 0.2) is 11.6 Å². The van der Waals surface area contributed by atoms with Crippen molar-refractivity contribution in [1.82, 2.24) is 0 Å². The van der Waals surface area contributed by atoms with Crippen LogP contribution in [0.15, 0.2) is 34.9 Å². The van der Waals surface area contributed by atoms with E-state index in [9.17, 15) is 19.8 Å². The standard InChI is InChI=1S/C26H33Cl3O4/c1-14(2)16(9-7-15(3)8-10-21(27)25(4,5)28)11-19-23(32)18-12-17(30)13-20(31)22(18)24(33)26(19,6)29/h7,12-13,19,21,30-31H,8-11H2,1-6H3/t19?,21-,26+/m1/s1. The SMILES string of the molecule is CC(=CCC(CC1C(=O)c2cc(O)cc(O)c2C(=O)[C@@]1(C)Cl)=C(C)C)CC[C@@H](Cl)C(C)(C)Cl. The molecular weight excluding hydrogens is 483 g/mol. The van der Waals surface area contributed by atoms with E-state index in [0.29, 0.717) is 12.8 Å². The molecule has 0 radical (unpaired) electrons. The third-order valence-corrected chi connectivity index (χ3v) is 7.98. The fourth-order valence-electron chi connectivity index (χ4n) is 4.00. The predicted molar refractivity (Wildman–Crippen MR) is 136 cm³/mol. The summed E-state index contributed by atoms with van der Waals surface area (Å²) in [6.07, 6.45) is 4.59. The highest BCUT2D eigenvalue weighted by atomic mass is 35.5. The fourth-order valence-corrected chi connectivity index (χ4v) is 4.49. The van der Waals surface area contributed by atoms with E-state index in [0.717, 1.165) is 30.1 Å². The maximum Gasteiger partial charge on any atom is 0.188 e. The Hall–Kier alpha value is -1.49. The average Bonchev–Trinajstić information content (AvgIpc) is 2.68. The second-order valence-corrected chi connectivity index (χ2v) is 12.1. The molecule has 0 bridgehead atoms. The Kier molecular flexibility index (Phi) is 8.76. The summed E-state index contributed by atoms with van der Waals surface area (Å²) in [6.45, 7) is 11.3. The van der Waals surface area contributed by atoms with E-state index in [1.54, 1.807) is 0 Å². The topological polar surface area (TPSA) is 74.6 Å². The zero-order valence-corrected chi connectivity index (χ0v) is 22.3. The predicted octanol–water partition coefficient (Wildman–Crippen LogP) is 7.56. The molecule has 0 amide bonds. The number of hydrogen-bond acceptors (Lipinski definition) is 4. The number of phenols is 2.